The minimum atomic E-state index is 0.774. The molecule has 0 radical (unpaired) electrons. The molecule has 0 N–H and O–H groups in total. The largest absolute Gasteiger partial charge is 0.494 e. The molecule has 1 aliphatic carbocycles. The monoisotopic (exact) mass is 96.1 g/mol. The predicted molar refractivity (Wildman–Crippen MR) is 28.8 cm³/mol. The summed E-state index contributed by atoms with van der Waals surface area (Å²) in [6.45, 7) is 2.75. The van der Waals surface area contributed by atoms with Gasteiger partial charge in [0.05, 0.1) is 6.61 Å². The second-order valence-electron chi connectivity index (χ2n) is 1.36. The maximum atomic E-state index is 5.05. The van der Waals surface area contributed by atoms with Crippen LogP contribution in [-0.2, 0) is 4.74 Å². The van der Waals surface area contributed by atoms with Crippen LogP contribution in [0.3, 0.4) is 0 Å². The van der Waals surface area contributed by atoms with Crippen molar-refractivity contribution in [1.29, 1.82) is 0 Å². The molecule has 0 saturated carbocycles. The van der Waals surface area contributed by atoms with Crippen LogP contribution < -0.4 is 0 Å². The molecule has 0 bridgehead atoms. The van der Waals surface area contributed by atoms with Crippen LogP contribution in [0.2, 0.25) is 0 Å². The lowest BCUT2D eigenvalue weighted by molar-refractivity contribution is 0.239. The van der Waals surface area contributed by atoms with Gasteiger partial charge in [-0.05, 0) is 19.1 Å². The van der Waals surface area contributed by atoms with Crippen LogP contribution in [0.4, 0.5) is 0 Å². The van der Waals surface area contributed by atoms with E-state index in [0.29, 0.717) is 0 Å². The normalized spacial score (nSPS) is 15.3. The second kappa shape index (κ2) is 1.82. The molecule has 0 aliphatic heterocycles. The molecule has 1 nitrogen and oxygen atoms in total. The third kappa shape index (κ3) is 0.829. The van der Waals surface area contributed by atoms with Crippen molar-refractivity contribution in [3.8, 4) is 0 Å². The maximum absolute atomic E-state index is 5.05. The fourth-order valence-electron chi connectivity index (χ4n) is 0.438. The highest BCUT2D eigenvalue weighted by Crippen LogP contribution is 2.07. The van der Waals surface area contributed by atoms with Gasteiger partial charge in [-0.15, -0.1) is 0 Å². The van der Waals surface area contributed by atoms with Gasteiger partial charge in [0.25, 0.3) is 0 Å². The molecule has 0 heterocycles. The van der Waals surface area contributed by atoms with E-state index in [2.05, 4.69) is 0 Å². The third-order valence-corrected chi connectivity index (χ3v) is 0.832. The first-order chi connectivity index (χ1) is 3.43. The Hall–Kier alpha value is -0.720. The summed E-state index contributed by atoms with van der Waals surface area (Å²) in [6, 6.07) is 0. The van der Waals surface area contributed by atoms with Crippen molar-refractivity contribution in [3.63, 3.8) is 0 Å². The molecular weight excluding hydrogens is 88.1 g/mol. The zero-order valence-electron chi connectivity index (χ0n) is 4.35. The molecule has 0 fully saturated rings. The molecule has 0 aromatic rings. The Morgan fingerprint density at radius 1 is 1.71 bits per heavy atom. The highest BCUT2D eigenvalue weighted by molar-refractivity contribution is 5.30. The SMILES string of the molecule is CCOC1=CC=C1. The molecular formula is C6H8O. The van der Waals surface area contributed by atoms with Gasteiger partial charge in [-0.25, -0.2) is 0 Å². The smallest absolute Gasteiger partial charge is 0.119 e. The number of hydrogen-bond donors (Lipinski definition) is 0. The predicted octanol–water partition coefficient (Wildman–Crippen LogP) is 1.48. The topological polar surface area (TPSA) is 9.23 Å². The highest BCUT2D eigenvalue weighted by Gasteiger charge is 1.93. The standard InChI is InChI=1S/C6H8O/c1-2-7-6-4-3-5-6/h3-5H,2H2,1H3. The van der Waals surface area contributed by atoms with Crippen LogP contribution in [0.1, 0.15) is 6.92 Å². The molecule has 1 heteroatoms. The van der Waals surface area contributed by atoms with E-state index in [9.17, 15) is 0 Å². The van der Waals surface area contributed by atoms with Gasteiger partial charge in [-0.1, -0.05) is 6.08 Å². The lowest BCUT2D eigenvalue weighted by Gasteiger charge is -2.05. The van der Waals surface area contributed by atoms with Gasteiger partial charge in [0, 0.05) is 0 Å². The third-order valence-electron chi connectivity index (χ3n) is 0.832. The molecule has 0 amide bonds. The van der Waals surface area contributed by atoms with Crippen molar-refractivity contribution >= 4 is 0 Å². The minimum absolute atomic E-state index is 0.774. The van der Waals surface area contributed by atoms with Crippen molar-refractivity contribution in [2.24, 2.45) is 0 Å². The lowest BCUT2D eigenvalue weighted by Crippen LogP contribution is -1.91. The first-order valence-electron chi connectivity index (χ1n) is 2.44. The van der Waals surface area contributed by atoms with Crippen LogP contribution in [0, 0.1) is 0 Å². The average Bonchev–Trinajstić information content (AvgIpc) is 1.55. The summed E-state index contributed by atoms with van der Waals surface area (Å²) < 4.78 is 5.05. The van der Waals surface area contributed by atoms with E-state index in [1.54, 1.807) is 0 Å². The summed E-state index contributed by atoms with van der Waals surface area (Å²) in [4.78, 5) is 0. The fraction of sp³-hybridized carbons (Fsp3) is 0.333. The number of rotatable bonds is 2. The molecule has 0 spiro atoms. The van der Waals surface area contributed by atoms with E-state index in [1.807, 2.05) is 25.2 Å². The Morgan fingerprint density at radius 2 is 2.43 bits per heavy atom. The zero-order chi connectivity index (χ0) is 5.11. The Kier molecular flexibility index (Phi) is 1.16. The molecule has 0 unspecified atom stereocenters. The van der Waals surface area contributed by atoms with Crippen LogP contribution in [0.15, 0.2) is 24.0 Å². The van der Waals surface area contributed by atoms with Crippen LogP contribution in [0.5, 0.6) is 0 Å². The van der Waals surface area contributed by atoms with Crippen LogP contribution >= 0.6 is 0 Å². The molecule has 38 valence electrons. The van der Waals surface area contributed by atoms with E-state index in [0.717, 1.165) is 12.4 Å². The fourth-order valence-corrected chi connectivity index (χ4v) is 0.438. The van der Waals surface area contributed by atoms with Crippen molar-refractivity contribution in [1.82, 2.24) is 0 Å². The van der Waals surface area contributed by atoms with Gasteiger partial charge in [0.1, 0.15) is 5.76 Å². The number of ether oxygens (including phenoxy) is 1. The Labute approximate surface area is 43.3 Å². The van der Waals surface area contributed by atoms with Gasteiger partial charge < -0.3 is 4.74 Å². The Bertz CT molecular complexity index is 111. The maximum Gasteiger partial charge on any atom is 0.119 e. The van der Waals surface area contributed by atoms with Gasteiger partial charge in [0.2, 0.25) is 0 Å². The van der Waals surface area contributed by atoms with E-state index >= 15 is 0 Å². The Morgan fingerprint density at radius 3 is 2.57 bits per heavy atom. The molecule has 1 rings (SSSR count). The molecule has 1 aliphatic rings. The average molecular weight is 96.1 g/mol. The highest BCUT2D eigenvalue weighted by atomic mass is 16.5. The number of hydrogen-bond acceptors (Lipinski definition) is 1. The Balaban J connectivity index is 2.17. The van der Waals surface area contributed by atoms with Gasteiger partial charge >= 0.3 is 0 Å². The van der Waals surface area contributed by atoms with Gasteiger partial charge in [0.15, 0.2) is 0 Å². The van der Waals surface area contributed by atoms with Crippen molar-refractivity contribution < 1.29 is 4.74 Å². The molecule has 7 heavy (non-hydrogen) atoms. The van der Waals surface area contributed by atoms with Gasteiger partial charge in [-0.2, -0.15) is 0 Å². The van der Waals surface area contributed by atoms with Gasteiger partial charge in [-0.3, -0.25) is 0 Å². The molecule has 0 saturated heterocycles. The van der Waals surface area contributed by atoms with Crippen molar-refractivity contribution in [3.05, 3.63) is 24.0 Å². The summed E-state index contributed by atoms with van der Waals surface area (Å²) in [5.41, 5.74) is 0. The second-order valence-corrected chi connectivity index (χ2v) is 1.36. The van der Waals surface area contributed by atoms with Crippen LogP contribution in [-0.4, -0.2) is 6.61 Å². The summed E-state index contributed by atoms with van der Waals surface area (Å²) in [5.74, 6) is 1.00. The van der Waals surface area contributed by atoms with E-state index in [4.69, 9.17) is 4.74 Å². The summed E-state index contributed by atoms with van der Waals surface area (Å²) >= 11 is 0. The quantitative estimate of drug-likeness (QED) is 0.506. The molecule has 0 aromatic heterocycles. The van der Waals surface area contributed by atoms with E-state index < -0.39 is 0 Å². The van der Waals surface area contributed by atoms with E-state index in [1.165, 1.54) is 0 Å². The first-order valence-corrected chi connectivity index (χ1v) is 2.44. The lowest BCUT2D eigenvalue weighted by atomic mass is 10.3. The molecule has 0 atom stereocenters. The zero-order valence-corrected chi connectivity index (χ0v) is 4.35. The van der Waals surface area contributed by atoms with Crippen LogP contribution in [0.25, 0.3) is 0 Å². The minimum Gasteiger partial charge on any atom is -0.494 e. The van der Waals surface area contributed by atoms with Crippen molar-refractivity contribution in [2.75, 3.05) is 6.61 Å². The van der Waals surface area contributed by atoms with Crippen molar-refractivity contribution in [2.45, 2.75) is 6.92 Å². The first kappa shape index (κ1) is 4.44. The summed E-state index contributed by atoms with van der Waals surface area (Å²) in [5, 5.41) is 0. The summed E-state index contributed by atoms with van der Waals surface area (Å²) in [7, 11) is 0. The summed E-state index contributed by atoms with van der Waals surface area (Å²) in [6.07, 6.45) is 5.86. The molecule has 0 aromatic carbocycles. The number of allylic oxidation sites excluding steroid dienone is 3. The van der Waals surface area contributed by atoms with E-state index in [-0.39, 0.29) is 0 Å².